The predicted octanol–water partition coefficient (Wildman–Crippen LogP) is -0.0539. The molecule has 2 aliphatic heterocycles. The van der Waals surface area contributed by atoms with Gasteiger partial charge in [-0.1, -0.05) is 0 Å². The van der Waals surface area contributed by atoms with E-state index in [0.717, 1.165) is 12.5 Å². The van der Waals surface area contributed by atoms with E-state index in [1.54, 1.807) is 6.92 Å². The summed E-state index contributed by atoms with van der Waals surface area (Å²) in [5.74, 6) is 0. The van der Waals surface area contributed by atoms with Crippen LogP contribution in [0.2, 0.25) is 0 Å². The highest BCUT2D eigenvalue weighted by Gasteiger charge is 2.32. The van der Waals surface area contributed by atoms with Crippen molar-refractivity contribution in [3.05, 3.63) is 0 Å². The average molecular weight is 228 g/mol. The highest BCUT2D eigenvalue weighted by Crippen LogP contribution is 2.26. The molecular formula is C12H24N2O2. The van der Waals surface area contributed by atoms with E-state index in [9.17, 15) is 5.11 Å². The lowest BCUT2D eigenvalue weighted by Crippen LogP contribution is -2.50. The van der Waals surface area contributed by atoms with Crippen LogP contribution in [0.5, 0.6) is 0 Å². The van der Waals surface area contributed by atoms with E-state index < -0.39 is 5.60 Å². The Balaban J connectivity index is 1.75. The molecule has 2 aliphatic rings. The highest BCUT2D eigenvalue weighted by molar-refractivity contribution is 4.90. The molecule has 0 saturated carbocycles. The number of hydrogen-bond donors (Lipinski definition) is 3. The predicted molar refractivity (Wildman–Crippen MR) is 63.3 cm³/mol. The second kappa shape index (κ2) is 5.00. The Kier molecular flexibility index (Phi) is 3.85. The minimum atomic E-state index is -0.979. The molecule has 0 aromatic carbocycles. The van der Waals surface area contributed by atoms with Crippen LogP contribution >= 0.6 is 0 Å². The standard InChI is InChI=1S/C12H24N2O2/c1-12(16,9-15)8-13-10-4-6-14-5-2-3-11(14)7-10/h10-11,13,15-16H,2-9H2,1H3. The maximum absolute atomic E-state index is 9.72. The summed E-state index contributed by atoms with van der Waals surface area (Å²) in [5, 5.41) is 22.1. The molecule has 2 heterocycles. The highest BCUT2D eigenvalue weighted by atomic mass is 16.3. The lowest BCUT2D eigenvalue weighted by molar-refractivity contribution is -0.00161. The minimum Gasteiger partial charge on any atom is -0.393 e. The summed E-state index contributed by atoms with van der Waals surface area (Å²) in [6.07, 6.45) is 5.03. The Labute approximate surface area is 97.6 Å². The molecule has 0 bridgehead atoms. The number of piperidine rings is 1. The molecule has 0 aliphatic carbocycles. The molecule has 2 rings (SSSR count). The van der Waals surface area contributed by atoms with Crippen molar-refractivity contribution in [2.75, 3.05) is 26.2 Å². The van der Waals surface area contributed by atoms with Gasteiger partial charge in [-0.25, -0.2) is 0 Å². The fraction of sp³-hybridized carbons (Fsp3) is 1.00. The molecule has 0 amide bonds. The number of aliphatic hydroxyl groups excluding tert-OH is 1. The van der Waals surface area contributed by atoms with Crippen LogP contribution < -0.4 is 5.32 Å². The Morgan fingerprint density at radius 2 is 2.19 bits per heavy atom. The number of hydrogen-bond acceptors (Lipinski definition) is 4. The van der Waals surface area contributed by atoms with Gasteiger partial charge in [-0.05, 0) is 45.7 Å². The van der Waals surface area contributed by atoms with Gasteiger partial charge < -0.3 is 20.4 Å². The third-order valence-electron chi connectivity index (χ3n) is 3.93. The molecule has 16 heavy (non-hydrogen) atoms. The Hall–Kier alpha value is -0.160. The summed E-state index contributed by atoms with van der Waals surface area (Å²) in [6, 6.07) is 1.27. The summed E-state index contributed by atoms with van der Waals surface area (Å²) in [7, 11) is 0. The van der Waals surface area contributed by atoms with Crippen molar-refractivity contribution in [2.45, 2.75) is 50.3 Å². The smallest absolute Gasteiger partial charge is 0.0972 e. The van der Waals surface area contributed by atoms with E-state index in [2.05, 4.69) is 10.2 Å². The van der Waals surface area contributed by atoms with Crippen LogP contribution in [0.1, 0.15) is 32.6 Å². The van der Waals surface area contributed by atoms with Crippen molar-refractivity contribution < 1.29 is 10.2 Å². The average Bonchev–Trinajstić information content (AvgIpc) is 2.73. The van der Waals surface area contributed by atoms with Crippen LogP contribution in [-0.2, 0) is 0 Å². The maximum atomic E-state index is 9.72. The summed E-state index contributed by atoms with van der Waals surface area (Å²) in [5.41, 5.74) is -0.979. The van der Waals surface area contributed by atoms with Gasteiger partial charge >= 0.3 is 0 Å². The Bertz CT molecular complexity index is 233. The first-order valence-corrected chi connectivity index (χ1v) is 6.41. The lowest BCUT2D eigenvalue weighted by atomic mass is 9.96. The normalized spacial score (nSPS) is 34.7. The van der Waals surface area contributed by atoms with Gasteiger partial charge in [0.25, 0.3) is 0 Å². The maximum Gasteiger partial charge on any atom is 0.0972 e. The zero-order valence-corrected chi connectivity index (χ0v) is 10.2. The zero-order chi connectivity index (χ0) is 11.6. The van der Waals surface area contributed by atoms with E-state index >= 15 is 0 Å². The molecule has 0 aromatic rings. The van der Waals surface area contributed by atoms with Crippen molar-refractivity contribution >= 4 is 0 Å². The van der Waals surface area contributed by atoms with Gasteiger partial charge in [-0.3, -0.25) is 0 Å². The van der Waals surface area contributed by atoms with E-state index in [1.807, 2.05) is 0 Å². The quantitative estimate of drug-likeness (QED) is 0.631. The van der Waals surface area contributed by atoms with E-state index in [0.29, 0.717) is 12.6 Å². The molecule has 0 radical (unpaired) electrons. The first kappa shape index (κ1) is 12.3. The molecule has 4 heteroatoms. The first-order chi connectivity index (χ1) is 7.61. The molecular weight excluding hydrogens is 204 g/mol. The molecule has 3 atom stereocenters. The van der Waals surface area contributed by atoms with Crippen molar-refractivity contribution in [3.8, 4) is 0 Å². The molecule has 2 saturated heterocycles. The lowest BCUT2D eigenvalue weighted by Gasteiger charge is -2.36. The SMILES string of the molecule is CC(O)(CO)CNC1CCN2CCCC2C1. The van der Waals surface area contributed by atoms with Gasteiger partial charge in [0.05, 0.1) is 12.2 Å². The van der Waals surface area contributed by atoms with Crippen molar-refractivity contribution in [1.82, 2.24) is 10.2 Å². The monoisotopic (exact) mass is 228 g/mol. The largest absolute Gasteiger partial charge is 0.393 e. The van der Waals surface area contributed by atoms with E-state index in [1.165, 1.54) is 32.4 Å². The van der Waals surface area contributed by atoms with Crippen molar-refractivity contribution in [2.24, 2.45) is 0 Å². The third-order valence-corrected chi connectivity index (χ3v) is 3.93. The molecule has 2 fully saturated rings. The summed E-state index contributed by atoms with van der Waals surface area (Å²) >= 11 is 0. The molecule has 0 spiro atoms. The van der Waals surface area contributed by atoms with Gasteiger partial charge in [-0.15, -0.1) is 0 Å². The van der Waals surface area contributed by atoms with Gasteiger partial charge in [0.2, 0.25) is 0 Å². The molecule has 94 valence electrons. The topological polar surface area (TPSA) is 55.7 Å². The van der Waals surface area contributed by atoms with Crippen LogP contribution in [0.4, 0.5) is 0 Å². The van der Waals surface area contributed by atoms with Gasteiger partial charge in [-0.2, -0.15) is 0 Å². The molecule has 4 nitrogen and oxygen atoms in total. The summed E-state index contributed by atoms with van der Waals surface area (Å²) < 4.78 is 0. The van der Waals surface area contributed by atoms with E-state index in [-0.39, 0.29) is 6.61 Å². The van der Waals surface area contributed by atoms with Crippen LogP contribution in [0, 0.1) is 0 Å². The molecule has 3 unspecified atom stereocenters. The van der Waals surface area contributed by atoms with Crippen molar-refractivity contribution in [1.29, 1.82) is 0 Å². The number of fused-ring (bicyclic) bond motifs is 1. The van der Waals surface area contributed by atoms with Gasteiger partial charge in [0.1, 0.15) is 0 Å². The Morgan fingerprint density at radius 1 is 1.38 bits per heavy atom. The fourth-order valence-corrected chi connectivity index (χ4v) is 2.83. The molecule has 3 N–H and O–H groups in total. The number of nitrogens with one attached hydrogen (secondary N) is 1. The second-order valence-electron chi connectivity index (χ2n) is 5.59. The number of rotatable bonds is 4. The van der Waals surface area contributed by atoms with Crippen LogP contribution in [0.25, 0.3) is 0 Å². The zero-order valence-electron chi connectivity index (χ0n) is 10.2. The minimum absolute atomic E-state index is 0.178. The summed E-state index contributed by atoms with van der Waals surface area (Å²) in [6.45, 7) is 4.43. The fourth-order valence-electron chi connectivity index (χ4n) is 2.83. The number of aliphatic hydroxyl groups is 2. The first-order valence-electron chi connectivity index (χ1n) is 6.41. The second-order valence-corrected chi connectivity index (χ2v) is 5.59. The Morgan fingerprint density at radius 3 is 2.94 bits per heavy atom. The van der Waals surface area contributed by atoms with Crippen molar-refractivity contribution in [3.63, 3.8) is 0 Å². The molecule has 0 aromatic heterocycles. The van der Waals surface area contributed by atoms with Crippen LogP contribution in [0.3, 0.4) is 0 Å². The number of nitrogens with zero attached hydrogens (tertiary/aromatic N) is 1. The van der Waals surface area contributed by atoms with Crippen LogP contribution in [0.15, 0.2) is 0 Å². The third kappa shape index (κ3) is 2.94. The van der Waals surface area contributed by atoms with Gasteiger partial charge in [0, 0.05) is 18.6 Å². The van der Waals surface area contributed by atoms with E-state index in [4.69, 9.17) is 5.11 Å². The summed E-state index contributed by atoms with van der Waals surface area (Å²) in [4.78, 5) is 2.59. The van der Waals surface area contributed by atoms with Crippen LogP contribution in [-0.4, -0.2) is 59.0 Å². The van der Waals surface area contributed by atoms with Gasteiger partial charge in [0.15, 0.2) is 0 Å².